The zero-order valence-corrected chi connectivity index (χ0v) is 13.7. The highest BCUT2D eigenvalue weighted by atomic mass is 32.2. The molecule has 0 saturated heterocycles. The van der Waals surface area contributed by atoms with Crippen LogP contribution in [0, 0.1) is 6.92 Å². The molecule has 21 heavy (non-hydrogen) atoms. The first kappa shape index (κ1) is 15.8. The smallest absolute Gasteiger partial charge is 0.265 e. The number of hydrogen-bond donors (Lipinski definition) is 1. The fourth-order valence-electron chi connectivity index (χ4n) is 2.10. The molecule has 2 rings (SSSR count). The molecule has 0 fully saturated rings. The summed E-state index contributed by atoms with van der Waals surface area (Å²) in [5.74, 6) is 0.474. The zero-order chi connectivity index (χ0) is 15.6. The predicted octanol–water partition coefficient (Wildman–Crippen LogP) is 2.38. The van der Waals surface area contributed by atoms with Crippen molar-refractivity contribution in [2.45, 2.75) is 18.4 Å². The number of aryl methyl sites for hydroxylation is 1. The van der Waals surface area contributed by atoms with Gasteiger partial charge in [0.15, 0.2) is 0 Å². The highest BCUT2D eigenvalue weighted by Gasteiger charge is 2.28. The summed E-state index contributed by atoms with van der Waals surface area (Å²) in [5, 5.41) is 11.1. The molecule has 1 N–H and O–H groups in total. The van der Waals surface area contributed by atoms with Crippen LogP contribution >= 0.6 is 11.3 Å². The van der Waals surface area contributed by atoms with Crippen molar-refractivity contribution in [3.8, 4) is 5.75 Å². The van der Waals surface area contributed by atoms with Crippen molar-refractivity contribution in [1.82, 2.24) is 0 Å². The van der Waals surface area contributed by atoms with E-state index in [2.05, 4.69) is 0 Å². The third-order valence-electron chi connectivity index (χ3n) is 3.18. The average Bonchev–Trinajstić information content (AvgIpc) is 2.88. The molecule has 0 amide bonds. The molecule has 0 aliphatic rings. The number of benzene rings is 1. The molecule has 7 heteroatoms. The fraction of sp³-hybridized carbons (Fsp3) is 0.286. The van der Waals surface area contributed by atoms with Gasteiger partial charge in [0.1, 0.15) is 10.6 Å². The molecular formula is C14H17NO4S2. The number of ether oxygens (including phenoxy) is 1. The lowest BCUT2D eigenvalue weighted by Gasteiger charge is -2.22. The minimum atomic E-state index is -3.75. The molecule has 5 nitrogen and oxygen atoms in total. The number of methoxy groups -OCH3 is 1. The number of sulfonamides is 1. The molecular weight excluding hydrogens is 310 g/mol. The van der Waals surface area contributed by atoms with Gasteiger partial charge < -0.3 is 9.84 Å². The van der Waals surface area contributed by atoms with Crippen LogP contribution in [-0.4, -0.2) is 27.7 Å². The number of thiophene rings is 1. The van der Waals surface area contributed by atoms with Crippen LogP contribution in [0.1, 0.15) is 10.4 Å². The van der Waals surface area contributed by atoms with Gasteiger partial charge in [0, 0.05) is 7.05 Å². The molecule has 0 bridgehead atoms. The van der Waals surface area contributed by atoms with Gasteiger partial charge in [0.2, 0.25) is 0 Å². The van der Waals surface area contributed by atoms with Crippen molar-refractivity contribution in [3.05, 3.63) is 40.1 Å². The van der Waals surface area contributed by atoms with Crippen molar-refractivity contribution in [2.75, 3.05) is 18.5 Å². The molecule has 0 atom stereocenters. The molecule has 1 aromatic heterocycles. The highest BCUT2D eigenvalue weighted by Crippen LogP contribution is 2.34. The largest absolute Gasteiger partial charge is 0.495 e. The number of nitrogens with zero attached hydrogens (tertiary/aromatic N) is 1. The normalized spacial score (nSPS) is 11.4. The van der Waals surface area contributed by atoms with E-state index in [1.165, 1.54) is 29.8 Å². The van der Waals surface area contributed by atoms with E-state index in [0.29, 0.717) is 21.9 Å². The Labute approximate surface area is 128 Å². The molecule has 114 valence electrons. The van der Waals surface area contributed by atoms with Crippen LogP contribution in [0.3, 0.4) is 0 Å². The van der Waals surface area contributed by atoms with Gasteiger partial charge in [0.25, 0.3) is 10.0 Å². The second kappa shape index (κ2) is 6.05. The summed E-state index contributed by atoms with van der Waals surface area (Å²) in [6.45, 7) is 1.42. The van der Waals surface area contributed by atoms with E-state index in [1.807, 2.05) is 0 Å². The van der Waals surface area contributed by atoms with Gasteiger partial charge >= 0.3 is 0 Å². The summed E-state index contributed by atoms with van der Waals surface area (Å²) in [5.41, 5.74) is 1.08. The molecule has 0 aliphatic heterocycles. The van der Waals surface area contributed by atoms with Gasteiger partial charge in [-0.3, -0.25) is 4.31 Å². The summed E-state index contributed by atoms with van der Waals surface area (Å²) in [7, 11) is -0.779. The van der Waals surface area contributed by atoms with E-state index >= 15 is 0 Å². The SMILES string of the molecule is COc1ccccc1N(C)S(=O)(=O)c1c(C)csc1CO. The first-order valence-corrected chi connectivity index (χ1v) is 8.55. The van der Waals surface area contributed by atoms with E-state index in [1.54, 1.807) is 36.6 Å². The van der Waals surface area contributed by atoms with Gasteiger partial charge in [-0.1, -0.05) is 12.1 Å². The first-order chi connectivity index (χ1) is 9.93. The van der Waals surface area contributed by atoms with Crippen molar-refractivity contribution in [1.29, 1.82) is 0 Å². The second-order valence-electron chi connectivity index (χ2n) is 4.47. The number of rotatable bonds is 5. The summed E-state index contributed by atoms with van der Waals surface area (Å²) in [6.07, 6.45) is 0. The number of hydrogen-bond acceptors (Lipinski definition) is 5. The molecule has 1 aromatic carbocycles. The number of aliphatic hydroxyl groups excluding tert-OH is 1. The Balaban J connectivity index is 2.56. The lowest BCUT2D eigenvalue weighted by atomic mass is 10.3. The average molecular weight is 327 g/mol. The van der Waals surface area contributed by atoms with Crippen LogP contribution in [-0.2, 0) is 16.6 Å². The summed E-state index contributed by atoms with van der Waals surface area (Å²) < 4.78 is 32.1. The van der Waals surface area contributed by atoms with Gasteiger partial charge in [-0.15, -0.1) is 11.3 Å². The summed E-state index contributed by atoms with van der Waals surface area (Å²) >= 11 is 1.24. The Hall–Kier alpha value is -1.57. The maximum Gasteiger partial charge on any atom is 0.265 e. The summed E-state index contributed by atoms with van der Waals surface area (Å²) in [6, 6.07) is 6.90. The van der Waals surface area contributed by atoms with E-state index < -0.39 is 10.0 Å². The van der Waals surface area contributed by atoms with Crippen LogP contribution in [0.5, 0.6) is 5.75 Å². The molecule has 0 aliphatic carbocycles. The minimum absolute atomic E-state index is 0.170. The Kier molecular flexibility index (Phi) is 4.55. The minimum Gasteiger partial charge on any atom is -0.495 e. The van der Waals surface area contributed by atoms with Gasteiger partial charge in [-0.25, -0.2) is 8.42 Å². The third kappa shape index (κ3) is 2.76. The zero-order valence-electron chi connectivity index (χ0n) is 12.0. The molecule has 0 saturated carbocycles. The Morgan fingerprint density at radius 3 is 2.62 bits per heavy atom. The van der Waals surface area contributed by atoms with Crippen LogP contribution in [0.2, 0.25) is 0 Å². The topological polar surface area (TPSA) is 66.8 Å². The van der Waals surface area contributed by atoms with E-state index in [4.69, 9.17) is 4.74 Å². The van der Waals surface area contributed by atoms with Crippen LogP contribution in [0.25, 0.3) is 0 Å². The lowest BCUT2D eigenvalue weighted by molar-refractivity contribution is 0.282. The molecule has 2 aromatic rings. The molecule has 0 unspecified atom stereocenters. The highest BCUT2D eigenvalue weighted by molar-refractivity contribution is 7.93. The van der Waals surface area contributed by atoms with E-state index in [-0.39, 0.29) is 11.5 Å². The predicted molar refractivity (Wildman–Crippen MR) is 83.6 cm³/mol. The lowest BCUT2D eigenvalue weighted by Crippen LogP contribution is -2.28. The van der Waals surface area contributed by atoms with Crippen molar-refractivity contribution >= 4 is 27.0 Å². The molecule has 1 heterocycles. The monoisotopic (exact) mass is 327 g/mol. The number of aliphatic hydroxyl groups is 1. The maximum absolute atomic E-state index is 12.8. The number of anilines is 1. The van der Waals surface area contributed by atoms with Gasteiger partial charge in [-0.2, -0.15) is 0 Å². The molecule has 0 radical (unpaired) electrons. The fourth-order valence-corrected chi connectivity index (χ4v) is 4.92. The van der Waals surface area contributed by atoms with Gasteiger partial charge in [0.05, 0.1) is 24.3 Å². The van der Waals surface area contributed by atoms with E-state index in [9.17, 15) is 13.5 Å². The van der Waals surface area contributed by atoms with Crippen LogP contribution < -0.4 is 9.04 Å². The van der Waals surface area contributed by atoms with Crippen molar-refractivity contribution in [2.24, 2.45) is 0 Å². The number of para-hydroxylation sites is 2. The second-order valence-corrected chi connectivity index (χ2v) is 7.34. The Morgan fingerprint density at radius 1 is 1.33 bits per heavy atom. The quantitative estimate of drug-likeness (QED) is 0.915. The molecule has 0 spiro atoms. The van der Waals surface area contributed by atoms with Crippen molar-refractivity contribution in [3.63, 3.8) is 0 Å². The van der Waals surface area contributed by atoms with Crippen LogP contribution in [0.15, 0.2) is 34.5 Å². The third-order valence-corrected chi connectivity index (χ3v) is 6.40. The Bertz CT molecular complexity index is 737. The first-order valence-electron chi connectivity index (χ1n) is 6.23. The van der Waals surface area contributed by atoms with Gasteiger partial charge in [-0.05, 0) is 30.0 Å². The van der Waals surface area contributed by atoms with E-state index in [0.717, 1.165) is 0 Å². The van der Waals surface area contributed by atoms with Crippen molar-refractivity contribution < 1.29 is 18.3 Å². The summed E-state index contributed by atoms with van der Waals surface area (Å²) in [4.78, 5) is 0.609. The standard InChI is InChI=1S/C14H17NO4S2/c1-10-9-20-13(8-16)14(10)21(17,18)15(2)11-6-4-5-7-12(11)19-3/h4-7,9,16H,8H2,1-3H3. The van der Waals surface area contributed by atoms with Crippen LogP contribution in [0.4, 0.5) is 5.69 Å². The Morgan fingerprint density at radius 2 is 2.00 bits per heavy atom. The maximum atomic E-state index is 12.8.